The number of hydrogen-bond donors (Lipinski definition) is 1. The molecule has 0 aromatic heterocycles. The Hall–Kier alpha value is -2.63. The quantitative estimate of drug-likeness (QED) is 0.502. The van der Waals surface area contributed by atoms with Crippen molar-refractivity contribution in [2.24, 2.45) is 0 Å². The van der Waals surface area contributed by atoms with E-state index >= 15 is 0 Å². The summed E-state index contributed by atoms with van der Waals surface area (Å²) in [4.78, 5) is 24.4. The molecule has 0 fully saturated rings. The minimum Gasteiger partial charge on any atom is -0.485 e. The first-order valence-electron chi connectivity index (χ1n) is 8.10. The maximum Gasteiger partial charge on any atom is 0.255 e. The number of rotatable bonds is 6. The molecule has 6 heteroatoms. The fourth-order valence-electron chi connectivity index (χ4n) is 2.34. The molecule has 0 heterocycles. The zero-order chi connectivity index (χ0) is 19.2. The van der Waals surface area contributed by atoms with Crippen LogP contribution in [-0.2, 0) is 0 Å². The topological polar surface area (TPSA) is 55.4 Å². The Kier molecular flexibility index (Phi) is 6.27. The molecule has 136 valence electrons. The lowest BCUT2D eigenvalue weighted by molar-refractivity contribution is 0.0920. The van der Waals surface area contributed by atoms with Gasteiger partial charge in [-0.1, -0.05) is 45.7 Å². The van der Waals surface area contributed by atoms with Crippen molar-refractivity contribution in [3.05, 3.63) is 93.4 Å². The van der Waals surface area contributed by atoms with Gasteiger partial charge in [-0.15, -0.1) is 0 Å². The molecule has 3 rings (SSSR count). The molecule has 1 amide bonds. The molecule has 0 aliphatic carbocycles. The van der Waals surface area contributed by atoms with Gasteiger partial charge in [-0.2, -0.15) is 0 Å². The van der Waals surface area contributed by atoms with Gasteiger partial charge in [0.1, 0.15) is 5.75 Å². The molecule has 27 heavy (non-hydrogen) atoms. The molecule has 0 aliphatic rings. The van der Waals surface area contributed by atoms with Crippen molar-refractivity contribution in [3.8, 4) is 5.75 Å². The Morgan fingerprint density at radius 1 is 0.926 bits per heavy atom. The van der Waals surface area contributed by atoms with Gasteiger partial charge in [0.05, 0.1) is 0 Å². The van der Waals surface area contributed by atoms with Crippen LogP contribution in [0.3, 0.4) is 0 Å². The first-order chi connectivity index (χ1) is 13.0. The number of nitrogens with one attached hydrogen (secondary N) is 1. The number of amides is 1. The fourth-order valence-corrected chi connectivity index (χ4v) is 2.73. The molecule has 0 saturated heterocycles. The van der Waals surface area contributed by atoms with Crippen molar-refractivity contribution < 1.29 is 14.3 Å². The van der Waals surface area contributed by atoms with Crippen molar-refractivity contribution in [1.29, 1.82) is 0 Å². The van der Waals surface area contributed by atoms with Crippen LogP contribution in [0.2, 0.25) is 5.02 Å². The third kappa shape index (κ3) is 5.42. The number of Topliss-reactive ketones (excluding diaryl/α,β-unsaturated/α-hetero) is 1. The van der Waals surface area contributed by atoms with Gasteiger partial charge in [-0.25, -0.2) is 0 Å². The molecule has 3 aromatic rings. The largest absolute Gasteiger partial charge is 0.485 e. The third-order valence-electron chi connectivity index (χ3n) is 3.73. The lowest BCUT2D eigenvalue weighted by atomic mass is 10.1. The lowest BCUT2D eigenvalue weighted by Crippen LogP contribution is -2.13. The van der Waals surface area contributed by atoms with E-state index in [-0.39, 0.29) is 18.3 Å². The van der Waals surface area contributed by atoms with Crippen LogP contribution in [0.5, 0.6) is 5.75 Å². The Balaban J connectivity index is 1.61. The highest BCUT2D eigenvalue weighted by Crippen LogP contribution is 2.19. The van der Waals surface area contributed by atoms with Gasteiger partial charge in [-0.05, 0) is 48.5 Å². The van der Waals surface area contributed by atoms with Gasteiger partial charge >= 0.3 is 0 Å². The molecular formula is C21H15BrClNO3. The Bertz CT molecular complexity index is 956. The van der Waals surface area contributed by atoms with E-state index in [0.717, 1.165) is 4.47 Å². The molecule has 0 radical (unpaired) electrons. The number of carbonyl (C=O) groups excluding carboxylic acids is 2. The first kappa shape index (κ1) is 19.1. The van der Waals surface area contributed by atoms with Gasteiger partial charge in [0.2, 0.25) is 0 Å². The Morgan fingerprint density at radius 2 is 1.59 bits per heavy atom. The smallest absolute Gasteiger partial charge is 0.255 e. The average molecular weight is 445 g/mol. The number of anilines is 1. The van der Waals surface area contributed by atoms with Gasteiger partial charge in [0, 0.05) is 32.4 Å². The van der Waals surface area contributed by atoms with E-state index < -0.39 is 0 Å². The average Bonchev–Trinajstić information content (AvgIpc) is 2.67. The second-order valence-corrected chi connectivity index (χ2v) is 7.06. The summed E-state index contributed by atoms with van der Waals surface area (Å²) < 4.78 is 6.47. The van der Waals surface area contributed by atoms with Crippen molar-refractivity contribution in [1.82, 2.24) is 0 Å². The van der Waals surface area contributed by atoms with Gasteiger partial charge in [0.15, 0.2) is 12.4 Å². The number of carbonyl (C=O) groups is 2. The second kappa shape index (κ2) is 8.84. The molecule has 4 nitrogen and oxygen atoms in total. The number of hydrogen-bond acceptors (Lipinski definition) is 3. The van der Waals surface area contributed by atoms with Crippen molar-refractivity contribution >= 4 is 44.9 Å². The zero-order valence-electron chi connectivity index (χ0n) is 14.1. The van der Waals surface area contributed by atoms with Crippen LogP contribution in [0.25, 0.3) is 0 Å². The number of benzene rings is 3. The summed E-state index contributed by atoms with van der Waals surface area (Å²) in [6.07, 6.45) is 0. The summed E-state index contributed by atoms with van der Waals surface area (Å²) >= 11 is 9.17. The van der Waals surface area contributed by atoms with E-state index in [4.69, 9.17) is 16.3 Å². The van der Waals surface area contributed by atoms with Crippen molar-refractivity contribution in [2.75, 3.05) is 11.9 Å². The van der Waals surface area contributed by atoms with Crippen LogP contribution in [0.4, 0.5) is 5.69 Å². The predicted molar refractivity (Wildman–Crippen MR) is 110 cm³/mol. The molecule has 0 aliphatic heterocycles. The second-order valence-electron chi connectivity index (χ2n) is 5.71. The normalized spacial score (nSPS) is 10.3. The monoisotopic (exact) mass is 443 g/mol. The highest BCUT2D eigenvalue weighted by Gasteiger charge is 2.09. The standard InChI is InChI=1S/C21H15BrClNO3/c22-16-8-4-14(5-9-16)20(25)13-27-19-3-1-2-18(12-19)24-21(26)15-6-10-17(23)11-7-15/h1-12H,13H2,(H,24,26). The van der Waals surface area contributed by atoms with E-state index in [9.17, 15) is 9.59 Å². The van der Waals surface area contributed by atoms with Crippen LogP contribution >= 0.6 is 27.5 Å². The molecule has 0 bridgehead atoms. The molecule has 0 spiro atoms. The van der Waals surface area contributed by atoms with E-state index in [2.05, 4.69) is 21.2 Å². The summed E-state index contributed by atoms with van der Waals surface area (Å²) in [6.45, 7) is -0.0871. The SMILES string of the molecule is O=C(COc1cccc(NC(=O)c2ccc(Cl)cc2)c1)c1ccc(Br)cc1. The van der Waals surface area contributed by atoms with E-state index in [0.29, 0.717) is 27.6 Å². The lowest BCUT2D eigenvalue weighted by Gasteiger charge is -2.09. The number of ether oxygens (including phenoxy) is 1. The third-order valence-corrected chi connectivity index (χ3v) is 4.52. The molecular weight excluding hydrogens is 430 g/mol. The summed E-state index contributed by atoms with van der Waals surface area (Å²) in [5, 5.41) is 3.36. The summed E-state index contributed by atoms with van der Waals surface area (Å²) in [6, 6.07) is 20.6. The summed E-state index contributed by atoms with van der Waals surface area (Å²) in [5.41, 5.74) is 1.64. The molecule has 0 saturated carbocycles. The predicted octanol–water partition coefficient (Wildman–Crippen LogP) is 5.62. The number of ketones is 1. The Labute approximate surface area is 170 Å². The fraction of sp³-hybridized carbons (Fsp3) is 0.0476. The molecule has 0 unspecified atom stereocenters. The Morgan fingerprint density at radius 3 is 2.30 bits per heavy atom. The van der Waals surface area contributed by atoms with Crippen LogP contribution in [-0.4, -0.2) is 18.3 Å². The van der Waals surface area contributed by atoms with Crippen LogP contribution in [0.15, 0.2) is 77.3 Å². The van der Waals surface area contributed by atoms with Crippen LogP contribution in [0.1, 0.15) is 20.7 Å². The maximum absolute atomic E-state index is 12.3. The van der Waals surface area contributed by atoms with Gasteiger partial charge in [0.25, 0.3) is 5.91 Å². The highest BCUT2D eigenvalue weighted by molar-refractivity contribution is 9.10. The van der Waals surface area contributed by atoms with Gasteiger partial charge in [-0.3, -0.25) is 9.59 Å². The van der Waals surface area contributed by atoms with E-state index in [1.54, 1.807) is 72.8 Å². The minimum absolute atomic E-state index is 0.0871. The zero-order valence-corrected chi connectivity index (χ0v) is 16.5. The molecule has 3 aromatic carbocycles. The first-order valence-corrected chi connectivity index (χ1v) is 9.27. The van der Waals surface area contributed by atoms with E-state index in [1.807, 2.05) is 0 Å². The highest BCUT2D eigenvalue weighted by atomic mass is 79.9. The molecule has 1 N–H and O–H groups in total. The minimum atomic E-state index is -0.255. The number of halogens is 2. The van der Waals surface area contributed by atoms with Crippen LogP contribution < -0.4 is 10.1 Å². The van der Waals surface area contributed by atoms with E-state index in [1.165, 1.54) is 0 Å². The van der Waals surface area contributed by atoms with Crippen LogP contribution in [0, 0.1) is 0 Å². The van der Waals surface area contributed by atoms with Crippen molar-refractivity contribution in [2.45, 2.75) is 0 Å². The van der Waals surface area contributed by atoms with Crippen molar-refractivity contribution in [3.63, 3.8) is 0 Å². The summed E-state index contributed by atoms with van der Waals surface area (Å²) in [5.74, 6) is 0.113. The maximum atomic E-state index is 12.3. The van der Waals surface area contributed by atoms with Gasteiger partial charge < -0.3 is 10.1 Å². The summed E-state index contributed by atoms with van der Waals surface area (Å²) in [7, 11) is 0. The molecule has 0 atom stereocenters.